The van der Waals surface area contributed by atoms with Gasteiger partial charge in [0.05, 0.1) is 6.61 Å². The number of benzene rings is 1. The van der Waals surface area contributed by atoms with Crippen molar-refractivity contribution in [3.05, 3.63) is 29.8 Å². The second kappa shape index (κ2) is 6.92. The zero-order valence-electron chi connectivity index (χ0n) is 11.0. The standard InChI is InChI=1S/C13H17F2N3OS/c14-10-7-11(15)9-12(8-10)16-13(20)18-3-1-17(2-4-18)5-6-19/h7-9,19H,1-6H2,(H,16,20). The normalized spacial score (nSPS) is 16.2. The molecule has 110 valence electrons. The number of anilines is 1. The Morgan fingerprint density at radius 3 is 2.30 bits per heavy atom. The molecule has 2 rings (SSSR count). The fourth-order valence-corrected chi connectivity index (χ4v) is 2.44. The molecule has 1 fully saturated rings. The van der Waals surface area contributed by atoms with Gasteiger partial charge in [-0.3, -0.25) is 4.90 Å². The van der Waals surface area contributed by atoms with E-state index in [0.717, 1.165) is 32.2 Å². The average molecular weight is 301 g/mol. The van der Waals surface area contributed by atoms with Gasteiger partial charge in [-0.25, -0.2) is 8.78 Å². The smallest absolute Gasteiger partial charge is 0.173 e. The lowest BCUT2D eigenvalue weighted by Gasteiger charge is -2.35. The molecule has 1 saturated heterocycles. The van der Waals surface area contributed by atoms with Crippen LogP contribution in [0.4, 0.5) is 14.5 Å². The van der Waals surface area contributed by atoms with Gasteiger partial charge in [-0.2, -0.15) is 0 Å². The molecular weight excluding hydrogens is 284 g/mol. The zero-order chi connectivity index (χ0) is 14.5. The van der Waals surface area contributed by atoms with Crippen LogP contribution in [-0.4, -0.2) is 59.3 Å². The van der Waals surface area contributed by atoms with Crippen LogP contribution in [0, 0.1) is 11.6 Å². The molecule has 20 heavy (non-hydrogen) atoms. The van der Waals surface area contributed by atoms with Crippen molar-refractivity contribution in [1.29, 1.82) is 0 Å². The first-order valence-electron chi connectivity index (χ1n) is 6.44. The average Bonchev–Trinajstić information content (AvgIpc) is 2.38. The van der Waals surface area contributed by atoms with Gasteiger partial charge in [-0.05, 0) is 24.4 Å². The molecule has 0 aliphatic carbocycles. The summed E-state index contributed by atoms with van der Waals surface area (Å²) in [5, 5.41) is 12.2. The Morgan fingerprint density at radius 1 is 1.15 bits per heavy atom. The molecule has 0 spiro atoms. The summed E-state index contributed by atoms with van der Waals surface area (Å²) in [4.78, 5) is 4.09. The molecule has 1 aromatic carbocycles. The lowest BCUT2D eigenvalue weighted by atomic mass is 10.3. The second-order valence-electron chi connectivity index (χ2n) is 4.64. The summed E-state index contributed by atoms with van der Waals surface area (Å²) in [6, 6.07) is 3.23. The number of aliphatic hydroxyl groups is 1. The van der Waals surface area contributed by atoms with E-state index in [1.807, 2.05) is 4.90 Å². The molecular formula is C13H17F2N3OS. The van der Waals surface area contributed by atoms with Crippen molar-refractivity contribution in [2.24, 2.45) is 0 Å². The molecule has 1 heterocycles. The van der Waals surface area contributed by atoms with Gasteiger partial charge in [0.25, 0.3) is 0 Å². The molecule has 1 aromatic rings. The van der Waals surface area contributed by atoms with Crippen molar-refractivity contribution in [2.75, 3.05) is 44.6 Å². The maximum atomic E-state index is 13.1. The van der Waals surface area contributed by atoms with Crippen molar-refractivity contribution in [2.45, 2.75) is 0 Å². The van der Waals surface area contributed by atoms with E-state index < -0.39 is 11.6 Å². The predicted molar refractivity (Wildman–Crippen MR) is 77.7 cm³/mol. The van der Waals surface area contributed by atoms with Crippen LogP contribution in [0.1, 0.15) is 0 Å². The topological polar surface area (TPSA) is 38.7 Å². The minimum absolute atomic E-state index is 0.144. The van der Waals surface area contributed by atoms with E-state index >= 15 is 0 Å². The Balaban J connectivity index is 1.89. The Kier molecular flexibility index (Phi) is 5.22. The summed E-state index contributed by atoms with van der Waals surface area (Å²) < 4.78 is 26.2. The van der Waals surface area contributed by atoms with Gasteiger partial charge in [0.1, 0.15) is 11.6 Å². The highest BCUT2D eigenvalue weighted by atomic mass is 32.1. The van der Waals surface area contributed by atoms with Gasteiger partial charge < -0.3 is 15.3 Å². The van der Waals surface area contributed by atoms with Crippen LogP contribution in [-0.2, 0) is 0 Å². The first-order chi connectivity index (χ1) is 9.58. The monoisotopic (exact) mass is 301 g/mol. The van der Waals surface area contributed by atoms with Crippen LogP contribution in [0.25, 0.3) is 0 Å². The Bertz CT molecular complexity index is 458. The summed E-state index contributed by atoms with van der Waals surface area (Å²) >= 11 is 5.25. The lowest BCUT2D eigenvalue weighted by molar-refractivity contribution is 0.148. The molecule has 0 bridgehead atoms. The molecule has 1 aliphatic rings. The Hall–Kier alpha value is -1.31. The molecule has 0 amide bonds. The van der Waals surface area contributed by atoms with Crippen molar-refractivity contribution >= 4 is 23.0 Å². The molecule has 4 nitrogen and oxygen atoms in total. The predicted octanol–water partition coefficient (Wildman–Crippen LogP) is 1.27. The molecule has 0 saturated carbocycles. The van der Waals surface area contributed by atoms with E-state index in [1.54, 1.807) is 0 Å². The highest BCUT2D eigenvalue weighted by Crippen LogP contribution is 2.14. The number of nitrogens with zero attached hydrogens (tertiary/aromatic N) is 2. The summed E-state index contributed by atoms with van der Waals surface area (Å²) in [6.45, 7) is 3.86. The van der Waals surface area contributed by atoms with Crippen molar-refractivity contribution in [3.8, 4) is 0 Å². The summed E-state index contributed by atoms with van der Waals surface area (Å²) in [6.07, 6.45) is 0. The highest BCUT2D eigenvalue weighted by Gasteiger charge is 2.18. The van der Waals surface area contributed by atoms with E-state index in [1.165, 1.54) is 12.1 Å². The summed E-state index contributed by atoms with van der Waals surface area (Å²) in [7, 11) is 0. The third-order valence-corrected chi connectivity index (χ3v) is 3.55. The first-order valence-corrected chi connectivity index (χ1v) is 6.84. The van der Waals surface area contributed by atoms with E-state index in [2.05, 4.69) is 10.2 Å². The van der Waals surface area contributed by atoms with Crippen LogP contribution in [0.5, 0.6) is 0 Å². The molecule has 0 aromatic heterocycles. The van der Waals surface area contributed by atoms with Crippen molar-refractivity contribution in [1.82, 2.24) is 9.80 Å². The van der Waals surface area contributed by atoms with Crippen LogP contribution >= 0.6 is 12.2 Å². The number of hydrogen-bond donors (Lipinski definition) is 2. The fraction of sp³-hybridized carbons (Fsp3) is 0.462. The van der Waals surface area contributed by atoms with Crippen molar-refractivity contribution < 1.29 is 13.9 Å². The second-order valence-corrected chi connectivity index (χ2v) is 5.03. The van der Waals surface area contributed by atoms with Crippen LogP contribution < -0.4 is 5.32 Å². The maximum absolute atomic E-state index is 13.1. The number of halogens is 2. The van der Waals surface area contributed by atoms with E-state index in [4.69, 9.17) is 17.3 Å². The highest BCUT2D eigenvalue weighted by molar-refractivity contribution is 7.80. The Labute approximate surface area is 122 Å². The van der Waals surface area contributed by atoms with E-state index in [9.17, 15) is 8.78 Å². The van der Waals surface area contributed by atoms with Gasteiger partial charge in [-0.15, -0.1) is 0 Å². The SMILES string of the molecule is OCCN1CCN(C(=S)Nc2cc(F)cc(F)c2)CC1. The molecule has 0 radical (unpaired) electrons. The van der Waals surface area contributed by atoms with Crippen molar-refractivity contribution in [3.63, 3.8) is 0 Å². The molecule has 2 N–H and O–H groups in total. The zero-order valence-corrected chi connectivity index (χ0v) is 11.8. The number of hydrogen-bond acceptors (Lipinski definition) is 3. The van der Waals surface area contributed by atoms with Crippen LogP contribution in [0.2, 0.25) is 0 Å². The largest absolute Gasteiger partial charge is 0.395 e. The minimum atomic E-state index is -0.636. The first kappa shape index (κ1) is 15.1. The van der Waals surface area contributed by atoms with Gasteiger partial charge in [0.15, 0.2) is 5.11 Å². The third-order valence-electron chi connectivity index (χ3n) is 3.19. The van der Waals surface area contributed by atoms with Gasteiger partial charge in [0.2, 0.25) is 0 Å². The van der Waals surface area contributed by atoms with Crippen LogP contribution in [0.15, 0.2) is 18.2 Å². The third kappa shape index (κ3) is 4.09. The molecule has 0 unspecified atom stereocenters. The lowest BCUT2D eigenvalue weighted by Crippen LogP contribution is -2.50. The van der Waals surface area contributed by atoms with E-state index in [-0.39, 0.29) is 6.61 Å². The van der Waals surface area contributed by atoms with Gasteiger partial charge in [0, 0.05) is 44.5 Å². The summed E-state index contributed by atoms with van der Waals surface area (Å²) in [5.74, 6) is -1.27. The number of aliphatic hydroxyl groups excluding tert-OH is 1. The Morgan fingerprint density at radius 2 is 1.75 bits per heavy atom. The summed E-state index contributed by atoms with van der Waals surface area (Å²) in [5.41, 5.74) is 0.310. The van der Waals surface area contributed by atoms with Gasteiger partial charge in [-0.1, -0.05) is 0 Å². The number of rotatable bonds is 3. The van der Waals surface area contributed by atoms with Crippen LogP contribution in [0.3, 0.4) is 0 Å². The van der Waals surface area contributed by atoms with Gasteiger partial charge >= 0.3 is 0 Å². The molecule has 0 atom stereocenters. The minimum Gasteiger partial charge on any atom is -0.395 e. The maximum Gasteiger partial charge on any atom is 0.173 e. The van der Waals surface area contributed by atoms with E-state index in [0.29, 0.717) is 17.3 Å². The quantitative estimate of drug-likeness (QED) is 0.823. The fourth-order valence-electron chi connectivity index (χ4n) is 2.14. The number of piperazine rings is 1. The number of β-amino-alcohol motifs (C(OH)–C–C–N with tert-alkyl or cyclic N) is 1. The molecule has 7 heteroatoms. The molecule has 1 aliphatic heterocycles. The number of nitrogens with one attached hydrogen (secondary N) is 1. The number of thiocarbonyl (C=S) groups is 1.